The number of benzene rings is 1. The first-order valence-corrected chi connectivity index (χ1v) is 7.14. The third-order valence-electron chi connectivity index (χ3n) is 2.74. The van der Waals surface area contributed by atoms with Crippen molar-refractivity contribution in [3.05, 3.63) is 34.3 Å². The molecule has 2 aromatic rings. The minimum atomic E-state index is 0. The molecule has 0 radical (unpaired) electrons. The number of nitrogens with one attached hydrogen (secondary N) is 1. The largest absolute Gasteiger partial charge is 0.497 e. The zero-order chi connectivity index (χ0) is 15.2. The zero-order valence-electron chi connectivity index (χ0n) is 12.6. The lowest BCUT2D eigenvalue weighted by molar-refractivity contribution is 0.405. The van der Waals surface area contributed by atoms with Crippen molar-refractivity contribution in [2.75, 3.05) is 19.5 Å². The summed E-state index contributed by atoms with van der Waals surface area (Å²) in [6.07, 6.45) is 1.81. The highest BCUT2D eigenvalue weighted by Gasteiger charge is 2.06. The van der Waals surface area contributed by atoms with Crippen LogP contribution in [0.1, 0.15) is 9.88 Å². The van der Waals surface area contributed by atoms with Crippen molar-refractivity contribution in [3.63, 3.8) is 0 Å². The van der Waals surface area contributed by atoms with Crippen LogP contribution in [0.15, 0.2) is 29.4 Å². The highest BCUT2D eigenvalue weighted by atomic mass is 127. The molecule has 2 rings (SSSR count). The SMILES string of the molecule is COc1ccc(OC)c(NC(N)=NCc2cnc(C)s2)c1.I. The molecular weight excluding hydrogens is 415 g/mol. The van der Waals surface area contributed by atoms with E-state index < -0.39 is 0 Å². The Morgan fingerprint density at radius 1 is 1.36 bits per heavy atom. The van der Waals surface area contributed by atoms with Gasteiger partial charge in [-0.2, -0.15) is 0 Å². The van der Waals surface area contributed by atoms with Gasteiger partial charge in [0, 0.05) is 17.1 Å². The normalized spacial score (nSPS) is 10.8. The number of thiazole rings is 1. The van der Waals surface area contributed by atoms with Crippen molar-refractivity contribution in [1.29, 1.82) is 0 Å². The molecule has 0 aliphatic rings. The lowest BCUT2D eigenvalue weighted by atomic mass is 10.2. The first-order chi connectivity index (χ1) is 10.1. The van der Waals surface area contributed by atoms with Crippen LogP contribution in [0.2, 0.25) is 0 Å². The monoisotopic (exact) mass is 434 g/mol. The molecule has 3 N–H and O–H groups in total. The Labute approximate surface area is 150 Å². The van der Waals surface area contributed by atoms with Gasteiger partial charge in [0.2, 0.25) is 0 Å². The topological polar surface area (TPSA) is 81.8 Å². The number of anilines is 1. The molecule has 8 heteroatoms. The quantitative estimate of drug-likeness (QED) is 0.430. The van der Waals surface area contributed by atoms with Gasteiger partial charge in [0.15, 0.2) is 5.96 Å². The van der Waals surface area contributed by atoms with Gasteiger partial charge in [-0.15, -0.1) is 35.3 Å². The second-order valence-electron chi connectivity index (χ2n) is 4.24. The van der Waals surface area contributed by atoms with Crippen LogP contribution in [0.4, 0.5) is 5.69 Å². The number of aryl methyl sites for hydroxylation is 1. The van der Waals surface area contributed by atoms with Crippen LogP contribution in [-0.2, 0) is 6.54 Å². The van der Waals surface area contributed by atoms with Crippen molar-refractivity contribution < 1.29 is 9.47 Å². The van der Waals surface area contributed by atoms with E-state index >= 15 is 0 Å². The fourth-order valence-electron chi connectivity index (χ4n) is 1.73. The van der Waals surface area contributed by atoms with Gasteiger partial charge in [-0.1, -0.05) is 0 Å². The lowest BCUT2D eigenvalue weighted by Gasteiger charge is -2.12. The fraction of sp³-hybridized carbons (Fsp3) is 0.286. The van der Waals surface area contributed by atoms with Crippen LogP contribution in [0.3, 0.4) is 0 Å². The maximum atomic E-state index is 5.90. The molecule has 120 valence electrons. The molecule has 0 saturated carbocycles. The highest BCUT2D eigenvalue weighted by molar-refractivity contribution is 14.0. The second-order valence-corrected chi connectivity index (χ2v) is 5.56. The van der Waals surface area contributed by atoms with E-state index in [0.717, 1.165) is 9.88 Å². The van der Waals surface area contributed by atoms with E-state index in [1.54, 1.807) is 37.7 Å². The molecule has 1 heterocycles. The molecule has 0 unspecified atom stereocenters. The molecular formula is C14H19IN4O2S. The highest BCUT2D eigenvalue weighted by Crippen LogP contribution is 2.28. The molecule has 0 atom stereocenters. The predicted molar refractivity (Wildman–Crippen MR) is 101 cm³/mol. The van der Waals surface area contributed by atoms with Crippen LogP contribution in [0.25, 0.3) is 0 Å². The van der Waals surface area contributed by atoms with Gasteiger partial charge >= 0.3 is 0 Å². The van der Waals surface area contributed by atoms with E-state index in [0.29, 0.717) is 29.7 Å². The summed E-state index contributed by atoms with van der Waals surface area (Å²) in [4.78, 5) is 9.54. The molecule has 1 aromatic carbocycles. The van der Waals surface area contributed by atoms with Gasteiger partial charge in [-0.25, -0.2) is 9.98 Å². The number of nitrogens with zero attached hydrogens (tertiary/aromatic N) is 2. The Balaban J connectivity index is 0.00000242. The average molecular weight is 434 g/mol. The predicted octanol–water partition coefficient (Wildman–Crippen LogP) is 3.01. The zero-order valence-corrected chi connectivity index (χ0v) is 15.8. The standard InChI is InChI=1S/C14H18N4O2S.HI/c1-9-16-7-11(21-9)8-17-14(15)18-12-6-10(19-2)4-5-13(12)20-3;/h4-7H,8H2,1-3H3,(H3,15,17,18);1H. The molecule has 0 saturated heterocycles. The van der Waals surface area contributed by atoms with E-state index in [4.69, 9.17) is 15.2 Å². The van der Waals surface area contributed by atoms with E-state index in [1.165, 1.54) is 0 Å². The number of ether oxygens (including phenoxy) is 2. The maximum Gasteiger partial charge on any atom is 0.193 e. The molecule has 0 fully saturated rings. The van der Waals surface area contributed by atoms with Crippen molar-refractivity contribution >= 4 is 47.0 Å². The summed E-state index contributed by atoms with van der Waals surface area (Å²) in [7, 11) is 3.20. The van der Waals surface area contributed by atoms with Gasteiger partial charge in [0.25, 0.3) is 0 Å². The van der Waals surface area contributed by atoms with Crippen molar-refractivity contribution in [2.45, 2.75) is 13.5 Å². The van der Waals surface area contributed by atoms with Gasteiger partial charge < -0.3 is 20.5 Å². The average Bonchev–Trinajstić information content (AvgIpc) is 2.90. The molecule has 6 nitrogen and oxygen atoms in total. The van der Waals surface area contributed by atoms with E-state index in [9.17, 15) is 0 Å². The minimum Gasteiger partial charge on any atom is -0.497 e. The van der Waals surface area contributed by atoms with E-state index in [-0.39, 0.29) is 24.0 Å². The van der Waals surface area contributed by atoms with Gasteiger partial charge in [0.05, 0.1) is 31.5 Å². The minimum absolute atomic E-state index is 0. The molecule has 0 amide bonds. The summed E-state index contributed by atoms with van der Waals surface area (Å²) in [6.45, 7) is 2.46. The summed E-state index contributed by atoms with van der Waals surface area (Å²) in [6, 6.07) is 5.43. The van der Waals surface area contributed by atoms with E-state index in [2.05, 4.69) is 15.3 Å². The fourth-order valence-corrected chi connectivity index (χ4v) is 2.45. The first-order valence-electron chi connectivity index (χ1n) is 6.32. The molecule has 22 heavy (non-hydrogen) atoms. The molecule has 0 spiro atoms. The van der Waals surface area contributed by atoms with Crippen molar-refractivity contribution in [2.24, 2.45) is 10.7 Å². The van der Waals surface area contributed by atoms with Crippen LogP contribution < -0.4 is 20.5 Å². The van der Waals surface area contributed by atoms with Crippen LogP contribution in [0.5, 0.6) is 11.5 Å². The van der Waals surface area contributed by atoms with E-state index in [1.807, 2.05) is 19.2 Å². The molecule has 0 aliphatic heterocycles. The van der Waals surface area contributed by atoms with Crippen molar-refractivity contribution in [3.8, 4) is 11.5 Å². The third kappa shape index (κ3) is 5.02. The number of rotatable bonds is 5. The first kappa shape index (κ1) is 18.5. The Morgan fingerprint density at radius 3 is 2.73 bits per heavy atom. The number of guanidine groups is 1. The molecule has 0 bridgehead atoms. The Kier molecular flexibility index (Phi) is 7.39. The van der Waals surface area contributed by atoms with Gasteiger partial charge in [0.1, 0.15) is 11.5 Å². The van der Waals surface area contributed by atoms with Crippen LogP contribution in [0, 0.1) is 6.92 Å². The number of methoxy groups -OCH3 is 2. The smallest absolute Gasteiger partial charge is 0.193 e. The van der Waals surface area contributed by atoms with Crippen LogP contribution in [-0.4, -0.2) is 25.2 Å². The van der Waals surface area contributed by atoms with Gasteiger partial charge in [-0.05, 0) is 19.1 Å². The Bertz CT molecular complexity index is 646. The number of aromatic nitrogens is 1. The summed E-state index contributed by atoms with van der Waals surface area (Å²) in [5.74, 6) is 1.69. The van der Waals surface area contributed by atoms with Crippen molar-refractivity contribution in [1.82, 2.24) is 4.98 Å². The summed E-state index contributed by atoms with van der Waals surface area (Å²) in [5.41, 5.74) is 6.61. The third-order valence-corrected chi connectivity index (χ3v) is 3.64. The number of nitrogens with two attached hydrogens (primary N) is 1. The second kappa shape index (κ2) is 8.79. The van der Waals surface area contributed by atoms with Gasteiger partial charge in [-0.3, -0.25) is 0 Å². The summed E-state index contributed by atoms with van der Waals surface area (Å²) < 4.78 is 10.5. The Hall–Kier alpha value is -1.55. The summed E-state index contributed by atoms with van der Waals surface area (Å²) >= 11 is 1.60. The Morgan fingerprint density at radius 2 is 2.14 bits per heavy atom. The number of hydrogen-bond donors (Lipinski definition) is 2. The molecule has 1 aromatic heterocycles. The summed E-state index contributed by atoms with van der Waals surface area (Å²) in [5, 5.41) is 4.04. The molecule has 0 aliphatic carbocycles. The lowest BCUT2D eigenvalue weighted by Crippen LogP contribution is -2.22. The number of halogens is 1. The van der Waals surface area contributed by atoms with Crippen LogP contribution >= 0.6 is 35.3 Å². The number of aliphatic imine (C=N–C) groups is 1. The number of hydrogen-bond acceptors (Lipinski definition) is 5. The maximum absolute atomic E-state index is 5.90.